The van der Waals surface area contributed by atoms with Crippen molar-refractivity contribution in [2.75, 3.05) is 0 Å². The Hall–Kier alpha value is -0.780. The standard InChI is InChI=1S/C17H24/c1-17(2,3)16-9-8-14-10-12-6-4-5-7-13(12)11-15(14)16/h10-11,16H,4-9H2,1-3H3. The first-order valence-electron chi connectivity index (χ1n) is 7.20. The van der Waals surface area contributed by atoms with Gasteiger partial charge in [-0.15, -0.1) is 0 Å². The zero-order valence-electron chi connectivity index (χ0n) is 11.5. The summed E-state index contributed by atoms with van der Waals surface area (Å²) < 4.78 is 0. The van der Waals surface area contributed by atoms with E-state index in [-0.39, 0.29) is 0 Å². The lowest BCUT2D eigenvalue weighted by Gasteiger charge is -2.29. The molecule has 92 valence electrons. The maximum Gasteiger partial charge on any atom is -0.0107 e. The van der Waals surface area contributed by atoms with Crippen molar-refractivity contribution in [2.24, 2.45) is 5.41 Å². The molecule has 3 rings (SSSR count). The Bertz CT molecular complexity index is 434. The summed E-state index contributed by atoms with van der Waals surface area (Å²) in [5, 5.41) is 0. The molecule has 0 nitrogen and oxygen atoms in total. The second kappa shape index (κ2) is 3.86. The molecule has 0 spiro atoms. The molecule has 0 N–H and O–H groups in total. The fraction of sp³-hybridized carbons (Fsp3) is 0.647. The van der Waals surface area contributed by atoms with Crippen molar-refractivity contribution in [3.8, 4) is 0 Å². The molecule has 0 aliphatic heterocycles. The van der Waals surface area contributed by atoms with Crippen molar-refractivity contribution < 1.29 is 0 Å². The molecule has 0 aromatic heterocycles. The molecule has 17 heavy (non-hydrogen) atoms. The Kier molecular flexibility index (Phi) is 2.57. The van der Waals surface area contributed by atoms with Crippen LogP contribution in [0.1, 0.15) is 68.2 Å². The predicted molar refractivity (Wildman–Crippen MR) is 73.6 cm³/mol. The highest BCUT2D eigenvalue weighted by molar-refractivity contribution is 5.44. The Morgan fingerprint density at radius 2 is 1.53 bits per heavy atom. The van der Waals surface area contributed by atoms with Crippen LogP contribution in [0.5, 0.6) is 0 Å². The van der Waals surface area contributed by atoms with E-state index in [0.29, 0.717) is 5.41 Å². The van der Waals surface area contributed by atoms with Crippen LogP contribution in [0.2, 0.25) is 0 Å². The molecule has 0 bridgehead atoms. The molecule has 1 unspecified atom stereocenters. The molecule has 0 saturated carbocycles. The van der Waals surface area contributed by atoms with Gasteiger partial charge in [-0.25, -0.2) is 0 Å². The number of hydrogen-bond acceptors (Lipinski definition) is 0. The van der Waals surface area contributed by atoms with Gasteiger partial charge in [0.15, 0.2) is 0 Å². The Morgan fingerprint density at radius 1 is 0.882 bits per heavy atom. The van der Waals surface area contributed by atoms with Gasteiger partial charge in [0, 0.05) is 0 Å². The van der Waals surface area contributed by atoms with Crippen LogP contribution in [0.15, 0.2) is 12.1 Å². The maximum atomic E-state index is 2.56. The lowest BCUT2D eigenvalue weighted by Crippen LogP contribution is -2.16. The van der Waals surface area contributed by atoms with E-state index in [4.69, 9.17) is 0 Å². The monoisotopic (exact) mass is 228 g/mol. The Morgan fingerprint density at radius 3 is 2.18 bits per heavy atom. The molecule has 0 heterocycles. The number of rotatable bonds is 0. The van der Waals surface area contributed by atoms with Crippen molar-refractivity contribution in [1.29, 1.82) is 0 Å². The average Bonchev–Trinajstić information content (AvgIpc) is 2.68. The first kappa shape index (κ1) is 11.3. The number of benzene rings is 1. The fourth-order valence-corrected chi connectivity index (χ4v) is 3.75. The maximum absolute atomic E-state index is 2.56. The van der Waals surface area contributed by atoms with Gasteiger partial charge < -0.3 is 0 Å². The molecule has 2 aliphatic rings. The predicted octanol–water partition coefficient (Wildman–Crippen LogP) is 4.64. The third-order valence-electron chi connectivity index (χ3n) is 4.73. The summed E-state index contributed by atoms with van der Waals surface area (Å²) in [6.07, 6.45) is 8.11. The van der Waals surface area contributed by atoms with Crippen molar-refractivity contribution in [3.63, 3.8) is 0 Å². The van der Waals surface area contributed by atoms with Crippen LogP contribution in [0.3, 0.4) is 0 Å². The average molecular weight is 228 g/mol. The van der Waals surface area contributed by atoms with E-state index in [9.17, 15) is 0 Å². The lowest BCUT2D eigenvalue weighted by molar-refractivity contribution is 0.319. The fourth-order valence-electron chi connectivity index (χ4n) is 3.75. The third kappa shape index (κ3) is 1.92. The van der Waals surface area contributed by atoms with Gasteiger partial charge in [-0.2, -0.15) is 0 Å². The molecular formula is C17H24. The summed E-state index contributed by atoms with van der Waals surface area (Å²) in [6, 6.07) is 5.10. The largest absolute Gasteiger partial charge is 0.0596 e. The van der Waals surface area contributed by atoms with Gasteiger partial charge in [0.1, 0.15) is 0 Å². The zero-order valence-corrected chi connectivity index (χ0v) is 11.5. The van der Waals surface area contributed by atoms with E-state index >= 15 is 0 Å². The quantitative estimate of drug-likeness (QED) is 0.607. The number of aryl methyl sites for hydroxylation is 3. The molecular weight excluding hydrogens is 204 g/mol. The second-order valence-corrected chi connectivity index (χ2v) is 6.98. The third-order valence-corrected chi connectivity index (χ3v) is 4.73. The molecule has 0 amide bonds. The molecule has 0 heteroatoms. The van der Waals surface area contributed by atoms with Crippen LogP contribution >= 0.6 is 0 Å². The van der Waals surface area contributed by atoms with E-state index in [1.54, 1.807) is 22.3 Å². The molecule has 1 atom stereocenters. The molecule has 2 aliphatic carbocycles. The molecule has 0 fully saturated rings. The molecule has 1 aromatic rings. The van der Waals surface area contributed by atoms with E-state index < -0.39 is 0 Å². The summed E-state index contributed by atoms with van der Waals surface area (Å²) in [7, 11) is 0. The van der Waals surface area contributed by atoms with Crippen LogP contribution < -0.4 is 0 Å². The van der Waals surface area contributed by atoms with Gasteiger partial charge >= 0.3 is 0 Å². The van der Waals surface area contributed by atoms with Gasteiger partial charge in [-0.05, 0) is 72.1 Å². The summed E-state index contributed by atoms with van der Waals surface area (Å²) in [4.78, 5) is 0. The minimum absolute atomic E-state index is 0.425. The molecule has 0 saturated heterocycles. The highest BCUT2D eigenvalue weighted by Gasteiger charge is 2.32. The highest BCUT2D eigenvalue weighted by atomic mass is 14.4. The highest BCUT2D eigenvalue weighted by Crippen LogP contribution is 2.46. The summed E-state index contributed by atoms with van der Waals surface area (Å²) in [5.74, 6) is 0.782. The lowest BCUT2D eigenvalue weighted by atomic mass is 9.76. The van der Waals surface area contributed by atoms with Crippen molar-refractivity contribution in [1.82, 2.24) is 0 Å². The van der Waals surface area contributed by atoms with Crippen LogP contribution in [0, 0.1) is 5.41 Å². The smallest absolute Gasteiger partial charge is 0.0107 e. The van der Waals surface area contributed by atoms with E-state index in [1.807, 2.05) is 0 Å². The normalized spacial score (nSPS) is 23.4. The van der Waals surface area contributed by atoms with Gasteiger partial charge in [-0.3, -0.25) is 0 Å². The minimum Gasteiger partial charge on any atom is -0.0596 e. The Labute approximate surface area is 105 Å². The Balaban J connectivity index is 2.04. The first-order valence-corrected chi connectivity index (χ1v) is 7.20. The second-order valence-electron chi connectivity index (χ2n) is 6.98. The summed E-state index contributed by atoms with van der Waals surface area (Å²) in [5.41, 5.74) is 7.08. The van der Waals surface area contributed by atoms with Crippen molar-refractivity contribution in [2.45, 2.75) is 65.2 Å². The number of hydrogen-bond donors (Lipinski definition) is 0. The van der Waals surface area contributed by atoms with Gasteiger partial charge in [0.2, 0.25) is 0 Å². The van der Waals surface area contributed by atoms with Gasteiger partial charge in [0.05, 0.1) is 0 Å². The van der Waals surface area contributed by atoms with Crippen LogP contribution in [0.4, 0.5) is 0 Å². The van der Waals surface area contributed by atoms with E-state index in [0.717, 1.165) is 5.92 Å². The van der Waals surface area contributed by atoms with Crippen LogP contribution in [0.25, 0.3) is 0 Å². The summed E-state index contributed by atoms with van der Waals surface area (Å²) >= 11 is 0. The zero-order chi connectivity index (χ0) is 12.0. The SMILES string of the molecule is CC(C)(C)C1CCc2cc3c(cc21)CCCC3. The number of fused-ring (bicyclic) bond motifs is 2. The molecule has 1 aromatic carbocycles. The molecule has 0 radical (unpaired) electrons. The van der Waals surface area contributed by atoms with E-state index in [1.165, 1.54) is 38.5 Å². The summed E-state index contributed by atoms with van der Waals surface area (Å²) in [6.45, 7) is 7.19. The minimum atomic E-state index is 0.425. The van der Waals surface area contributed by atoms with Crippen molar-refractivity contribution in [3.05, 3.63) is 34.4 Å². The van der Waals surface area contributed by atoms with Crippen molar-refractivity contribution >= 4 is 0 Å². The van der Waals surface area contributed by atoms with E-state index in [2.05, 4.69) is 32.9 Å². The van der Waals surface area contributed by atoms with Crippen LogP contribution in [-0.2, 0) is 19.3 Å². The topological polar surface area (TPSA) is 0 Å². The van der Waals surface area contributed by atoms with Gasteiger partial charge in [-0.1, -0.05) is 32.9 Å². The first-order chi connectivity index (χ1) is 8.05. The van der Waals surface area contributed by atoms with Crippen LogP contribution in [-0.4, -0.2) is 0 Å². The van der Waals surface area contributed by atoms with Gasteiger partial charge in [0.25, 0.3) is 0 Å².